The van der Waals surface area contributed by atoms with Gasteiger partial charge in [-0.1, -0.05) is 6.92 Å². The van der Waals surface area contributed by atoms with E-state index in [1.54, 1.807) is 0 Å². The summed E-state index contributed by atoms with van der Waals surface area (Å²) in [6.07, 6.45) is 2.91. The Morgan fingerprint density at radius 1 is 1.36 bits per heavy atom. The second kappa shape index (κ2) is 2.82. The summed E-state index contributed by atoms with van der Waals surface area (Å²) in [5.41, 5.74) is 6.33. The second-order valence-electron chi connectivity index (χ2n) is 3.33. The van der Waals surface area contributed by atoms with Crippen molar-refractivity contribution in [3.63, 3.8) is 0 Å². The Hall–Kier alpha value is -1.35. The van der Waals surface area contributed by atoms with Crippen molar-refractivity contribution in [1.82, 2.24) is 5.43 Å². The maximum atomic E-state index is 4.15. The van der Waals surface area contributed by atoms with E-state index in [2.05, 4.69) is 35.7 Å². The zero-order valence-electron chi connectivity index (χ0n) is 7.82. The van der Waals surface area contributed by atoms with Crippen LogP contribution >= 0.6 is 11.3 Å². The van der Waals surface area contributed by atoms with Crippen LogP contribution in [0, 0.1) is 0 Å². The van der Waals surface area contributed by atoms with Crippen LogP contribution in [0.2, 0.25) is 0 Å². The molecule has 69 valence electrons. The van der Waals surface area contributed by atoms with Crippen LogP contribution in [-0.4, -0.2) is 6.21 Å². The van der Waals surface area contributed by atoms with Gasteiger partial charge in [0.2, 0.25) is 0 Å². The van der Waals surface area contributed by atoms with E-state index in [1.165, 1.54) is 15.0 Å². The van der Waals surface area contributed by atoms with E-state index in [-0.39, 0.29) is 0 Å². The highest BCUT2D eigenvalue weighted by Crippen LogP contribution is 2.35. The van der Waals surface area contributed by atoms with Crippen molar-refractivity contribution in [2.45, 2.75) is 13.3 Å². The molecule has 3 heteroatoms. The quantitative estimate of drug-likeness (QED) is 0.678. The van der Waals surface area contributed by atoms with Crippen LogP contribution in [0.5, 0.6) is 0 Å². The average molecular weight is 201 g/mol. The SMILES string of the molecule is CCc1cc2c3c(ccc2s1)C=N[N]3. The van der Waals surface area contributed by atoms with Gasteiger partial charge in [0.15, 0.2) is 0 Å². The van der Waals surface area contributed by atoms with Crippen molar-refractivity contribution in [2.24, 2.45) is 5.10 Å². The summed E-state index contributed by atoms with van der Waals surface area (Å²) in [4.78, 5) is 1.41. The number of thiophene rings is 1. The van der Waals surface area contributed by atoms with Gasteiger partial charge in [-0.25, -0.2) is 0 Å². The molecule has 0 spiro atoms. The molecule has 0 N–H and O–H groups in total. The van der Waals surface area contributed by atoms with Crippen LogP contribution in [0.4, 0.5) is 5.69 Å². The Morgan fingerprint density at radius 3 is 3.14 bits per heavy atom. The second-order valence-corrected chi connectivity index (χ2v) is 4.49. The van der Waals surface area contributed by atoms with E-state index in [4.69, 9.17) is 0 Å². The standard InChI is InChI=1S/C11H9N2S/c1-2-8-5-9-10(14-8)4-3-7-6-12-13-11(7)9/h3-6H,2H2,1H3. The molecular formula is C11H9N2S. The molecule has 1 aliphatic rings. The van der Waals surface area contributed by atoms with Gasteiger partial charge < -0.3 is 0 Å². The predicted octanol–water partition coefficient (Wildman–Crippen LogP) is 3.05. The van der Waals surface area contributed by atoms with Gasteiger partial charge in [0, 0.05) is 20.5 Å². The summed E-state index contributed by atoms with van der Waals surface area (Å²) >= 11 is 1.85. The molecule has 0 fully saturated rings. The summed E-state index contributed by atoms with van der Waals surface area (Å²) in [7, 11) is 0. The molecular weight excluding hydrogens is 192 g/mol. The van der Waals surface area contributed by atoms with Crippen molar-refractivity contribution in [3.8, 4) is 0 Å². The van der Waals surface area contributed by atoms with Gasteiger partial charge in [-0.05, 0) is 24.6 Å². The van der Waals surface area contributed by atoms with Gasteiger partial charge in [0.1, 0.15) is 5.69 Å². The van der Waals surface area contributed by atoms with Crippen molar-refractivity contribution >= 4 is 33.3 Å². The number of benzene rings is 1. The van der Waals surface area contributed by atoms with Gasteiger partial charge in [0.25, 0.3) is 0 Å². The number of nitrogens with zero attached hydrogens (tertiary/aromatic N) is 2. The minimum atomic E-state index is 1.04. The number of aryl methyl sites for hydroxylation is 1. The minimum absolute atomic E-state index is 1.04. The first-order chi connectivity index (χ1) is 6.88. The fourth-order valence-electron chi connectivity index (χ4n) is 1.71. The summed E-state index contributed by atoms with van der Waals surface area (Å²) in [6, 6.07) is 6.48. The van der Waals surface area contributed by atoms with E-state index in [0.29, 0.717) is 0 Å². The normalized spacial score (nSPS) is 13.2. The summed E-state index contributed by atoms with van der Waals surface area (Å²) in [6.45, 7) is 2.18. The lowest BCUT2D eigenvalue weighted by molar-refractivity contribution is 0.999. The predicted molar refractivity (Wildman–Crippen MR) is 60.6 cm³/mol. The van der Waals surface area contributed by atoms with Crippen LogP contribution in [0.1, 0.15) is 17.4 Å². The van der Waals surface area contributed by atoms with Crippen molar-refractivity contribution in [3.05, 3.63) is 28.6 Å². The van der Waals surface area contributed by atoms with Crippen molar-refractivity contribution in [2.75, 3.05) is 0 Å². The fraction of sp³-hybridized carbons (Fsp3) is 0.182. The first-order valence-electron chi connectivity index (χ1n) is 4.68. The summed E-state index contributed by atoms with van der Waals surface area (Å²) in [5.74, 6) is 0. The van der Waals surface area contributed by atoms with E-state index < -0.39 is 0 Å². The molecule has 1 radical (unpaired) electrons. The lowest BCUT2D eigenvalue weighted by Gasteiger charge is -1.96. The van der Waals surface area contributed by atoms with E-state index in [9.17, 15) is 0 Å². The molecule has 0 aliphatic carbocycles. The van der Waals surface area contributed by atoms with Crippen LogP contribution in [0.25, 0.3) is 10.1 Å². The van der Waals surface area contributed by atoms with Gasteiger partial charge in [0.05, 0.1) is 6.21 Å². The van der Waals surface area contributed by atoms with E-state index in [1.807, 2.05) is 17.6 Å². The molecule has 14 heavy (non-hydrogen) atoms. The van der Waals surface area contributed by atoms with Crippen LogP contribution < -0.4 is 5.43 Å². The molecule has 2 heterocycles. The molecule has 1 aromatic carbocycles. The highest BCUT2D eigenvalue weighted by atomic mass is 32.1. The fourth-order valence-corrected chi connectivity index (χ4v) is 2.71. The summed E-state index contributed by atoms with van der Waals surface area (Å²) in [5, 5.41) is 5.19. The zero-order valence-corrected chi connectivity index (χ0v) is 8.64. The third-order valence-corrected chi connectivity index (χ3v) is 3.70. The van der Waals surface area contributed by atoms with Crippen LogP contribution in [0.15, 0.2) is 23.3 Å². The Morgan fingerprint density at radius 2 is 2.29 bits per heavy atom. The number of fused-ring (bicyclic) bond motifs is 3. The molecule has 2 nitrogen and oxygen atoms in total. The molecule has 0 saturated heterocycles. The number of hydrogen-bond acceptors (Lipinski definition) is 2. The van der Waals surface area contributed by atoms with Crippen LogP contribution in [0.3, 0.4) is 0 Å². The molecule has 0 unspecified atom stereocenters. The molecule has 0 amide bonds. The Bertz CT molecular complexity index is 525. The molecule has 1 aromatic heterocycles. The lowest BCUT2D eigenvalue weighted by atomic mass is 10.1. The Balaban J connectivity index is 2.33. The largest absolute Gasteiger partial charge is 0.158 e. The monoisotopic (exact) mass is 201 g/mol. The topological polar surface area (TPSA) is 26.5 Å². The molecule has 2 aromatic rings. The van der Waals surface area contributed by atoms with Crippen molar-refractivity contribution < 1.29 is 0 Å². The number of rotatable bonds is 1. The summed E-state index contributed by atoms with van der Waals surface area (Å²) < 4.78 is 1.31. The van der Waals surface area contributed by atoms with E-state index in [0.717, 1.165) is 17.7 Å². The van der Waals surface area contributed by atoms with Gasteiger partial charge in [-0.3, -0.25) is 0 Å². The first-order valence-corrected chi connectivity index (χ1v) is 5.49. The maximum absolute atomic E-state index is 4.15. The smallest absolute Gasteiger partial charge is 0.103 e. The average Bonchev–Trinajstić information content (AvgIpc) is 2.82. The lowest BCUT2D eigenvalue weighted by Crippen LogP contribution is -1.82. The van der Waals surface area contributed by atoms with E-state index >= 15 is 0 Å². The third kappa shape index (κ3) is 0.990. The van der Waals surface area contributed by atoms with Gasteiger partial charge >= 0.3 is 0 Å². The van der Waals surface area contributed by atoms with Crippen molar-refractivity contribution in [1.29, 1.82) is 0 Å². The minimum Gasteiger partial charge on any atom is -0.158 e. The highest BCUT2D eigenvalue weighted by Gasteiger charge is 2.13. The highest BCUT2D eigenvalue weighted by molar-refractivity contribution is 7.19. The molecule has 1 aliphatic heterocycles. The zero-order chi connectivity index (χ0) is 9.54. The first kappa shape index (κ1) is 8.00. The van der Waals surface area contributed by atoms with Gasteiger partial charge in [-0.2, -0.15) is 5.10 Å². The Labute approximate surface area is 86.3 Å². The maximum Gasteiger partial charge on any atom is 0.103 e. The van der Waals surface area contributed by atoms with Crippen LogP contribution in [-0.2, 0) is 6.42 Å². The molecule has 0 atom stereocenters. The Kier molecular flexibility index (Phi) is 1.61. The molecule has 0 saturated carbocycles. The molecule has 0 bridgehead atoms. The molecule has 3 rings (SSSR count). The third-order valence-electron chi connectivity index (χ3n) is 2.46. The number of hydrogen-bond donors (Lipinski definition) is 0. The van der Waals surface area contributed by atoms with Gasteiger partial charge in [-0.15, -0.1) is 16.8 Å².